The summed E-state index contributed by atoms with van der Waals surface area (Å²) < 4.78 is 4.65. The minimum atomic E-state index is -0.788. The molecule has 0 aromatic heterocycles. The Hall–Kier alpha value is -2.69. The third-order valence-electron chi connectivity index (χ3n) is 5.56. The predicted octanol–water partition coefficient (Wildman–Crippen LogP) is 8.10. The molecular weight excluding hydrogens is 440 g/mol. The Bertz CT molecular complexity index is 749. The highest BCUT2D eigenvalue weighted by molar-refractivity contribution is 6.06. The number of allylic oxidation sites excluding steroid dienone is 2. The highest BCUT2D eigenvalue weighted by Crippen LogP contribution is 2.13. The van der Waals surface area contributed by atoms with Crippen molar-refractivity contribution in [3.63, 3.8) is 0 Å². The van der Waals surface area contributed by atoms with Crippen LogP contribution >= 0.6 is 0 Å². The van der Waals surface area contributed by atoms with E-state index in [-0.39, 0.29) is 5.78 Å². The van der Waals surface area contributed by atoms with Gasteiger partial charge in [-0.05, 0) is 32.8 Å². The highest BCUT2D eigenvalue weighted by atomic mass is 16.5. The Morgan fingerprint density at radius 2 is 1.29 bits per heavy atom. The molecule has 0 radical (unpaired) electrons. The number of carboxylic acids is 1. The minimum Gasteiger partial charge on any atom is -0.478 e. The first-order valence-corrected chi connectivity index (χ1v) is 13.3. The summed E-state index contributed by atoms with van der Waals surface area (Å²) >= 11 is 0. The van der Waals surface area contributed by atoms with Gasteiger partial charge in [-0.15, -0.1) is 0 Å². The number of rotatable bonds is 18. The fourth-order valence-corrected chi connectivity index (χ4v) is 3.42. The zero-order valence-electron chi connectivity index (χ0n) is 22.1. The normalized spacial score (nSPS) is 11.1. The van der Waals surface area contributed by atoms with Crippen LogP contribution in [-0.2, 0) is 14.3 Å². The van der Waals surface area contributed by atoms with Crippen molar-refractivity contribution in [3.05, 3.63) is 59.7 Å². The number of carboxylic acid groups (broad SMARTS) is 1. The second kappa shape index (κ2) is 23.1. The maximum Gasteiger partial charge on any atom is 0.330 e. The van der Waals surface area contributed by atoms with Crippen molar-refractivity contribution < 1.29 is 24.2 Å². The van der Waals surface area contributed by atoms with E-state index >= 15 is 0 Å². The van der Waals surface area contributed by atoms with Crippen LogP contribution in [0.3, 0.4) is 0 Å². The van der Waals surface area contributed by atoms with Gasteiger partial charge in [-0.1, -0.05) is 114 Å². The lowest BCUT2D eigenvalue weighted by atomic mass is 10.0. The van der Waals surface area contributed by atoms with E-state index in [1.54, 1.807) is 38.1 Å². The largest absolute Gasteiger partial charge is 0.478 e. The van der Waals surface area contributed by atoms with Crippen LogP contribution in [0.1, 0.15) is 115 Å². The van der Waals surface area contributed by atoms with Gasteiger partial charge in [0, 0.05) is 17.2 Å². The number of carbonyl (C=O) groups is 3. The number of esters is 1. The average Bonchev–Trinajstić information content (AvgIpc) is 2.86. The molecule has 1 N–H and O–H groups in total. The molecule has 0 atom stereocenters. The Kier molecular flexibility index (Phi) is 21.3. The summed E-state index contributed by atoms with van der Waals surface area (Å²) in [6.45, 7) is 5.95. The van der Waals surface area contributed by atoms with E-state index in [1.165, 1.54) is 76.7 Å². The van der Waals surface area contributed by atoms with Gasteiger partial charge in [0.25, 0.3) is 0 Å². The molecule has 35 heavy (non-hydrogen) atoms. The van der Waals surface area contributed by atoms with Gasteiger partial charge in [0.2, 0.25) is 0 Å². The van der Waals surface area contributed by atoms with Crippen molar-refractivity contribution in [1.29, 1.82) is 0 Å². The predicted molar refractivity (Wildman–Crippen MR) is 144 cm³/mol. The number of hydrogen-bond donors (Lipinski definition) is 1. The average molecular weight is 487 g/mol. The molecule has 1 aromatic rings. The lowest BCUT2D eigenvalue weighted by Gasteiger charge is -2.02. The van der Waals surface area contributed by atoms with Gasteiger partial charge >= 0.3 is 11.9 Å². The molecule has 196 valence electrons. The molecule has 0 fully saturated rings. The van der Waals surface area contributed by atoms with Crippen LogP contribution in [0.5, 0.6) is 0 Å². The molecule has 5 nitrogen and oxygen atoms in total. The molecule has 0 heterocycles. The lowest BCUT2D eigenvalue weighted by Crippen LogP contribution is -2.01. The molecule has 0 spiro atoms. The number of benzene rings is 1. The van der Waals surface area contributed by atoms with Crippen LogP contribution in [0.15, 0.2) is 54.1 Å². The Morgan fingerprint density at radius 3 is 1.77 bits per heavy atom. The second-order valence-corrected chi connectivity index (χ2v) is 8.69. The van der Waals surface area contributed by atoms with Crippen molar-refractivity contribution in [2.75, 3.05) is 6.61 Å². The van der Waals surface area contributed by atoms with E-state index in [9.17, 15) is 14.4 Å². The zero-order valence-corrected chi connectivity index (χ0v) is 22.1. The first kappa shape index (κ1) is 32.3. The number of aliphatic carboxylic acids is 1. The number of ether oxygens (including phenoxy) is 1. The van der Waals surface area contributed by atoms with E-state index in [1.807, 2.05) is 12.1 Å². The van der Waals surface area contributed by atoms with E-state index in [0.717, 1.165) is 18.9 Å². The highest BCUT2D eigenvalue weighted by Gasteiger charge is 2.01. The number of ketones is 1. The summed E-state index contributed by atoms with van der Waals surface area (Å²) in [5.41, 5.74) is 1.03. The van der Waals surface area contributed by atoms with Gasteiger partial charge < -0.3 is 9.84 Å². The Balaban J connectivity index is 0.000000686. The fraction of sp³-hybridized carbons (Fsp3) is 0.567. The van der Waals surface area contributed by atoms with Crippen molar-refractivity contribution in [2.24, 2.45) is 0 Å². The lowest BCUT2D eigenvalue weighted by molar-refractivity contribution is -0.137. The molecule has 0 aliphatic heterocycles. The number of unbranched alkanes of at least 4 members (excludes halogenated alkanes) is 12. The minimum absolute atomic E-state index is 0.205. The van der Waals surface area contributed by atoms with Gasteiger partial charge in [0.15, 0.2) is 5.78 Å². The van der Waals surface area contributed by atoms with Gasteiger partial charge in [-0.3, -0.25) is 4.79 Å². The fourth-order valence-electron chi connectivity index (χ4n) is 3.42. The number of hydrogen-bond acceptors (Lipinski definition) is 4. The molecule has 0 bridgehead atoms. The van der Waals surface area contributed by atoms with E-state index in [2.05, 4.69) is 11.7 Å². The maximum absolute atomic E-state index is 11.5. The van der Waals surface area contributed by atoms with Gasteiger partial charge in [0.1, 0.15) is 0 Å². The second-order valence-electron chi connectivity index (χ2n) is 8.69. The van der Waals surface area contributed by atoms with E-state index in [4.69, 9.17) is 5.11 Å². The van der Waals surface area contributed by atoms with Crippen LogP contribution < -0.4 is 0 Å². The van der Waals surface area contributed by atoms with Crippen molar-refractivity contribution in [1.82, 2.24) is 0 Å². The standard InChI is InChI=1S/C18H34O2.C12H12O3/c1-3-4-5-6-7-8-9-10-11-12-13-14-15-16-17(2)18(19)20;1-2-15-12(14)9-8-11(13)10-6-4-3-5-7-10/h16H,3-15H2,1-2H3,(H,19,20);3-9H,2H2,1H3. The Labute approximate surface area is 212 Å². The topological polar surface area (TPSA) is 80.7 Å². The van der Waals surface area contributed by atoms with E-state index < -0.39 is 11.9 Å². The molecule has 1 rings (SSSR count). The molecule has 1 aromatic carbocycles. The van der Waals surface area contributed by atoms with Crippen molar-refractivity contribution in [2.45, 2.75) is 104 Å². The summed E-state index contributed by atoms with van der Waals surface area (Å²) in [4.78, 5) is 33.0. The molecule has 0 amide bonds. The molecule has 0 aliphatic rings. The molecule has 0 unspecified atom stereocenters. The van der Waals surface area contributed by atoms with Gasteiger partial charge in [0.05, 0.1) is 6.61 Å². The number of carbonyl (C=O) groups excluding carboxylic acids is 2. The van der Waals surface area contributed by atoms with Gasteiger partial charge in [-0.2, -0.15) is 0 Å². The van der Waals surface area contributed by atoms with E-state index in [0.29, 0.717) is 17.7 Å². The van der Waals surface area contributed by atoms with Crippen LogP contribution in [0, 0.1) is 0 Å². The van der Waals surface area contributed by atoms with Crippen LogP contribution in [-0.4, -0.2) is 29.4 Å². The Morgan fingerprint density at radius 1 is 0.771 bits per heavy atom. The summed E-state index contributed by atoms with van der Waals surface area (Å²) in [7, 11) is 0. The van der Waals surface area contributed by atoms with Crippen LogP contribution in [0.25, 0.3) is 0 Å². The van der Waals surface area contributed by atoms with Crippen molar-refractivity contribution >= 4 is 17.7 Å². The summed E-state index contributed by atoms with van der Waals surface area (Å²) in [5.74, 6) is -1.49. The molecule has 0 saturated carbocycles. The molecule has 5 heteroatoms. The van der Waals surface area contributed by atoms with Gasteiger partial charge in [-0.25, -0.2) is 9.59 Å². The molecule has 0 saturated heterocycles. The SMILES string of the molecule is CCCCCCCCCCCCCCC=C(C)C(=O)O.CCOC(=O)C=CC(=O)c1ccccc1. The van der Waals surface area contributed by atoms with Crippen LogP contribution in [0.2, 0.25) is 0 Å². The van der Waals surface area contributed by atoms with Crippen molar-refractivity contribution in [3.8, 4) is 0 Å². The van der Waals surface area contributed by atoms with Crippen LogP contribution in [0.4, 0.5) is 0 Å². The zero-order chi connectivity index (χ0) is 26.2. The summed E-state index contributed by atoms with van der Waals surface area (Å²) in [6, 6.07) is 8.75. The molecular formula is C30H46O5. The summed E-state index contributed by atoms with van der Waals surface area (Å²) in [6.07, 6.45) is 21.3. The molecule has 0 aliphatic carbocycles. The monoisotopic (exact) mass is 486 g/mol. The summed E-state index contributed by atoms with van der Waals surface area (Å²) in [5, 5.41) is 8.70. The first-order valence-electron chi connectivity index (χ1n) is 13.3. The quantitative estimate of drug-likeness (QED) is 0.0981. The maximum atomic E-state index is 11.5. The smallest absolute Gasteiger partial charge is 0.330 e. The first-order chi connectivity index (χ1) is 16.9. The third-order valence-corrected chi connectivity index (χ3v) is 5.56. The third kappa shape index (κ3) is 20.4.